The first-order valence-electron chi connectivity index (χ1n) is 11.2. The highest BCUT2D eigenvalue weighted by atomic mass is 16.1. The molecule has 0 spiro atoms. The smallest absolute Gasteiger partial charge is 0.164 e. The van der Waals surface area contributed by atoms with Crippen molar-refractivity contribution < 1.29 is 4.79 Å². The molecular formula is C25H29N5O. The molecule has 0 radical (unpaired) electrons. The summed E-state index contributed by atoms with van der Waals surface area (Å²) in [5.74, 6) is 0.232. The highest BCUT2D eigenvalue weighted by Crippen LogP contribution is 2.53. The maximum atomic E-state index is 13.6. The van der Waals surface area contributed by atoms with Crippen LogP contribution in [0, 0.1) is 5.41 Å². The van der Waals surface area contributed by atoms with Gasteiger partial charge in [-0.3, -0.25) is 9.48 Å². The Labute approximate surface area is 183 Å². The Kier molecular flexibility index (Phi) is 4.50. The zero-order valence-electron chi connectivity index (χ0n) is 18.6. The molecule has 1 unspecified atom stereocenters. The van der Waals surface area contributed by atoms with Gasteiger partial charge in [-0.1, -0.05) is 39.0 Å². The zero-order chi connectivity index (χ0) is 21.8. The number of aromatic nitrogens is 2. The van der Waals surface area contributed by atoms with Crippen LogP contribution < -0.4 is 5.32 Å². The number of rotatable bonds is 4. The SMILES string of the molecule is CCn1nccc1-c1cccc([C@@]2(CC)C3=CN=NC3NC3=C2C(=O)CC(C)(C)C3)c1. The van der Waals surface area contributed by atoms with Crippen LogP contribution in [0.4, 0.5) is 0 Å². The number of ketones is 1. The predicted octanol–water partition coefficient (Wildman–Crippen LogP) is 5.14. The maximum absolute atomic E-state index is 13.6. The van der Waals surface area contributed by atoms with Gasteiger partial charge in [0.2, 0.25) is 0 Å². The van der Waals surface area contributed by atoms with Gasteiger partial charge in [0.25, 0.3) is 0 Å². The molecule has 160 valence electrons. The van der Waals surface area contributed by atoms with Crippen molar-refractivity contribution in [1.29, 1.82) is 0 Å². The summed E-state index contributed by atoms with van der Waals surface area (Å²) in [5, 5.41) is 16.7. The highest BCUT2D eigenvalue weighted by molar-refractivity contribution is 6.01. The molecule has 2 aromatic rings. The van der Waals surface area contributed by atoms with Crippen LogP contribution in [0.5, 0.6) is 0 Å². The monoisotopic (exact) mass is 415 g/mol. The largest absolute Gasteiger partial charge is 0.362 e. The molecule has 31 heavy (non-hydrogen) atoms. The number of hydrogen-bond acceptors (Lipinski definition) is 5. The van der Waals surface area contributed by atoms with Crippen LogP contribution in [0.1, 0.15) is 52.5 Å². The van der Waals surface area contributed by atoms with Gasteiger partial charge in [-0.15, -0.1) is 0 Å². The van der Waals surface area contributed by atoms with E-state index in [-0.39, 0.29) is 17.4 Å². The lowest BCUT2D eigenvalue weighted by molar-refractivity contribution is -0.119. The number of hydrogen-bond donors (Lipinski definition) is 1. The summed E-state index contributed by atoms with van der Waals surface area (Å²) in [5.41, 5.74) is 5.76. The Morgan fingerprint density at radius 1 is 1.19 bits per heavy atom. The maximum Gasteiger partial charge on any atom is 0.164 e. The van der Waals surface area contributed by atoms with Crippen molar-refractivity contribution >= 4 is 5.78 Å². The summed E-state index contributed by atoms with van der Waals surface area (Å²) in [4.78, 5) is 13.6. The van der Waals surface area contributed by atoms with Gasteiger partial charge in [0, 0.05) is 41.6 Å². The van der Waals surface area contributed by atoms with Crippen molar-refractivity contribution in [1.82, 2.24) is 15.1 Å². The van der Waals surface area contributed by atoms with E-state index in [1.807, 2.05) is 23.1 Å². The molecule has 1 N–H and O–H groups in total. The Balaban J connectivity index is 1.74. The second kappa shape index (κ2) is 7.01. The number of fused-ring (bicyclic) bond motifs is 1. The third kappa shape index (κ3) is 2.92. The van der Waals surface area contributed by atoms with Crippen LogP contribution in [0.2, 0.25) is 0 Å². The molecule has 2 aliphatic heterocycles. The van der Waals surface area contributed by atoms with Crippen molar-refractivity contribution in [2.45, 2.75) is 65.1 Å². The number of nitrogens with one attached hydrogen (secondary N) is 1. The van der Waals surface area contributed by atoms with E-state index in [1.165, 1.54) is 0 Å². The molecule has 1 aliphatic carbocycles. The summed E-state index contributed by atoms with van der Waals surface area (Å²) >= 11 is 0. The molecular weight excluding hydrogens is 386 g/mol. The lowest BCUT2D eigenvalue weighted by Crippen LogP contribution is -2.51. The molecule has 5 rings (SSSR count). The predicted molar refractivity (Wildman–Crippen MR) is 120 cm³/mol. The van der Waals surface area contributed by atoms with E-state index in [2.05, 4.69) is 72.6 Å². The first-order valence-corrected chi connectivity index (χ1v) is 11.2. The topological polar surface area (TPSA) is 71.6 Å². The van der Waals surface area contributed by atoms with E-state index in [1.54, 1.807) is 0 Å². The van der Waals surface area contributed by atoms with Crippen LogP contribution in [0.25, 0.3) is 11.3 Å². The number of Topliss-reactive ketones (excluding diaryl/α,β-unsaturated/α-hetero) is 1. The van der Waals surface area contributed by atoms with Gasteiger partial charge in [0.05, 0.1) is 17.3 Å². The van der Waals surface area contributed by atoms with E-state index in [9.17, 15) is 4.79 Å². The summed E-state index contributed by atoms with van der Waals surface area (Å²) in [6.45, 7) is 9.40. The summed E-state index contributed by atoms with van der Waals surface area (Å²) in [6, 6.07) is 10.6. The lowest BCUT2D eigenvalue weighted by atomic mass is 9.58. The number of carbonyl (C=O) groups excluding carboxylic acids is 1. The van der Waals surface area contributed by atoms with Crippen molar-refractivity contribution in [3.05, 3.63) is 65.1 Å². The average molecular weight is 416 g/mol. The first kappa shape index (κ1) is 19.9. The number of allylic oxidation sites excluding steroid dienone is 2. The lowest BCUT2D eigenvalue weighted by Gasteiger charge is -2.47. The molecule has 1 aromatic heterocycles. The van der Waals surface area contributed by atoms with Crippen LogP contribution in [0.3, 0.4) is 0 Å². The van der Waals surface area contributed by atoms with E-state index in [0.29, 0.717) is 6.42 Å². The molecule has 3 aliphatic rings. The van der Waals surface area contributed by atoms with Crippen molar-refractivity contribution in [3.8, 4) is 11.3 Å². The number of aryl methyl sites for hydroxylation is 1. The molecule has 0 saturated heterocycles. The fraction of sp³-hybridized carbons (Fsp3) is 0.440. The van der Waals surface area contributed by atoms with Gasteiger partial charge in [0.15, 0.2) is 11.9 Å². The van der Waals surface area contributed by atoms with Crippen LogP contribution in [0.15, 0.2) is 69.8 Å². The fourth-order valence-electron chi connectivity index (χ4n) is 5.66. The zero-order valence-corrected chi connectivity index (χ0v) is 18.6. The summed E-state index contributed by atoms with van der Waals surface area (Å²) in [7, 11) is 0. The van der Waals surface area contributed by atoms with Crippen molar-refractivity contribution in [3.63, 3.8) is 0 Å². The van der Waals surface area contributed by atoms with Crippen LogP contribution >= 0.6 is 0 Å². The Morgan fingerprint density at radius 2 is 2.03 bits per heavy atom. The van der Waals surface area contributed by atoms with Crippen LogP contribution in [-0.4, -0.2) is 21.7 Å². The average Bonchev–Trinajstić information content (AvgIpc) is 3.40. The van der Waals surface area contributed by atoms with E-state index in [4.69, 9.17) is 0 Å². The Bertz CT molecular complexity index is 1150. The minimum absolute atomic E-state index is 0.0607. The molecule has 2 atom stereocenters. The minimum Gasteiger partial charge on any atom is -0.362 e. The van der Waals surface area contributed by atoms with E-state index >= 15 is 0 Å². The van der Waals surface area contributed by atoms with E-state index < -0.39 is 5.41 Å². The molecule has 0 saturated carbocycles. The van der Waals surface area contributed by atoms with Gasteiger partial charge in [-0.2, -0.15) is 15.3 Å². The molecule has 1 aromatic carbocycles. The number of benzene rings is 1. The molecule has 0 amide bonds. The second-order valence-corrected chi connectivity index (χ2v) is 9.53. The standard InChI is InChI=1S/C25H29N5O/c1-5-25(17-9-7-8-16(12-17)20-10-11-27-30(20)6-2)18-15-26-29-23(18)28-19-13-24(3,4)14-21(31)22(19)25/h7-12,15,23,28H,5-6,13-14H2,1-4H3/t23?,25-/m0/s1. The Hall–Kier alpha value is -3.02. The molecule has 6 heteroatoms. The normalized spacial score (nSPS) is 26.4. The number of azo groups is 1. The first-order chi connectivity index (χ1) is 14.9. The van der Waals surface area contributed by atoms with E-state index in [0.717, 1.165) is 53.1 Å². The van der Waals surface area contributed by atoms with Gasteiger partial charge in [-0.25, -0.2) is 0 Å². The number of carbonyl (C=O) groups is 1. The minimum atomic E-state index is -0.518. The summed E-state index contributed by atoms with van der Waals surface area (Å²) in [6.07, 6.45) is 5.68. The highest BCUT2D eigenvalue weighted by Gasteiger charge is 2.52. The van der Waals surface area contributed by atoms with Gasteiger partial charge < -0.3 is 5.32 Å². The van der Waals surface area contributed by atoms with Crippen LogP contribution in [-0.2, 0) is 16.8 Å². The second-order valence-electron chi connectivity index (χ2n) is 9.53. The Morgan fingerprint density at radius 3 is 2.81 bits per heavy atom. The molecule has 3 heterocycles. The fourth-order valence-corrected chi connectivity index (χ4v) is 5.66. The third-order valence-corrected chi connectivity index (χ3v) is 6.98. The third-order valence-electron chi connectivity index (χ3n) is 6.98. The number of nitrogens with zero attached hydrogens (tertiary/aromatic N) is 4. The van der Waals surface area contributed by atoms with Gasteiger partial charge in [0.1, 0.15) is 0 Å². The molecule has 0 bridgehead atoms. The van der Waals surface area contributed by atoms with Gasteiger partial charge in [-0.05, 0) is 42.9 Å². The molecule has 6 nitrogen and oxygen atoms in total. The summed E-state index contributed by atoms with van der Waals surface area (Å²) < 4.78 is 2.00. The quantitative estimate of drug-likeness (QED) is 0.751. The van der Waals surface area contributed by atoms with Gasteiger partial charge >= 0.3 is 0 Å². The van der Waals surface area contributed by atoms with Crippen molar-refractivity contribution in [2.24, 2.45) is 15.6 Å². The van der Waals surface area contributed by atoms with Crippen molar-refractivity contribution in [2.75, 3.05) is 0 Å². The molecule has 0 fully saturated rings.